The normalized spacial score (nSPS) is 20.8. The molecule has 3 aliphatic rings. The van der Waals surface area contributed by atoms with E-state index in [9.17, 15) is 18.0 Å². The summed E-state index contributed by atoms with van der Waals surface area (Å²) in [6.45, 7) is 10.3. The molecule has 1 aromatic rings. The molecule has 0 aromatic heterocycles. The predicted molar refractivity (Wildman–Crippen MR) is 151 cm³/mol. The Morgan fingerprint density at radius 3 is 2.30 bits per heavy atom. The Morgan fingerprint density at radius 2 is 1.62 bits per heavy atom. The number of rotatable bonds is 11. The molecule has 4 rings (SSSR count). The van der Waals surface area contributed by atoms with Gasteiger partial charge in [0.1, 0.15) is 5.54 Å². The maximum atomic E-state index is 13.3. The van der Waals surface area contributed by atoms with Crippen molar-refractivity contribution in [2.75, 3.05) is 49.9 Å². The van der Waals surface area contributed by atoms with Crippen LogP contribution < -0.4 is 4.90 Å². The summed E-state index contributed by atoms with van der Waals surface area (Å²) in [4.78, 5) is 31.4. The molecule has 2 aliphatic heterocycles. The minimum atomic E-state index is -3.09. The van der Waals surface area contributed by atoms with Crippen LogP contribution in [0.25, 0.3) is 0 Å². The third-order valence-electron chi connectivity index (χ3n) is 7.89. The largest absolute Gasteiger partial charge is 0.334 e. The van der Waals surface area contributed by atoms with E-state index in [1.165, 1.54) is 0 Å². The van der Waals surface area contributed by atoms with Crippen LogP contribution in [0.15, 0.2) is 18.2 Å². The number of fused-ring (bicyclic) bond motifs is 1. The molecule has 0 atom stereocenters. The minimum Gasteiger partial charge on any atom is -0.334 e. The third-order valence-corrected chi connectivity index (χ3v) is 10.4. The second-order valence-electron chi connectivity index (χ2n) is 10.9. The van der Waals surface area contributed by atoms with Gasteiger partial charge in [-0.15, -0.1) is 0 Å². The zero-order valence-corrected chi connectivity index (χ0v) is 24.0. The summed E-state index contributed by atoms with van der Waals surface area (Å²) in [5, 5.41) is 0.537. The highest BCUT2D eigenvalue weighted by atomic mass is 32.2. The molecule has 10 heteroatoms. The number of nitrogens with zero attached hydrogens (tertiary/aromatic N) is 4. The first-order valence-corrected chi connectivity index (χ1v) is 15.6. The van der Waals surface area contributed by atoms with Crippen LogP contribution in [0, 0.1) is 0 Å². The van der Waals surface area contributed by atoms with E-state index >= 15 is 0 Å². The molecule has 0 radical (unpaired) electrons. The highest BCUT2D eigenvalue weighted by Gasteiger charge is 2.49. The van der Waals surface area contributed by atoms with Crippen molar-refractivity contribution in [1.82, 2.24) is 14.1 Å². The van der Waals surface area contributed by atoms with Crippen LogP contribution in [0.3, 0.4) is 0 Å². The van der Waals surface area contributed by atoms with Crippen molar-refractivity contribution in [3.8, 4) is 0 Å². The molecule has 1 aromatic carbocycles. The summed E-state index contributed by atoms with van der Waals surface area (Å²) >= 11 is 5.77. The van der Waals surface area contributed by atoms with Gasteiger partial charge in [-0.25, -0.2) is 8.42 Å². The van der Waals surface area contributed by atoms with Crippen LogP contribution in [0.5, 0.6) is 0 Å². The summed E-state index contributed by atoms with van der Waals surface area (Å²) in [6.07, 6.45) is 6.08. The predicted octanol–water partition coefficient (Wildman–Crippen LogP) is 3.45. The van der Waals surface area contributed by atoms with Crippen LogP contribution in [0.2, 0.25) is 0 Å². The number of unbranched alkanes of at least 4 members (excludes halogenated alkanes) is 3. The van der Waals surface area contributed by atoms with Crippen molar-refractivity contribution in [3.63, 3.8) is 0 Å². The molecule has 1 aliphatic carbocycles. The topological polar surface area (TPSA) is 81.2 Å². The number of benzene rings is 1. The number of Topliss-reactive ketones (excluding diaryl/α,β-unsaturated/α-hetero) is 1. The van der Waals surface area contributed by atoms with Crippen LogP contribution in [-0.2, 0) is 21.2 Å². The molecule has 1 amide bonds. The summed E-state index contributed by atoms with van der Waals surface area (Å²) < 4.78 is 26.1. The van der Waals surface area contributed by atoms with E-state index in [0.29, 0.717) is 31.0 Å². The average molecular weight is 549 g/mol. The second-order valence-corrected chi connectivity index (χ2v) is 13.3. The van der Waals surface area contributed by atoms with Gasteiger partial charge in [0.25, 0.3) is 5.91 Å². The third kappa shape index (κ3) is 5.92. The van der Waals surface area contributed by atoms with Gasteiger partial charge in [0, 0.05) is 44.7 Å². The Balaban J connectivity index is 1.22. The first-order valence-electron chi connectivity index (χ1n) is 13.6. The van der Waals surface area contributed by atoms with E-state index in [0.717, 1.165) is 75.1 Å². The minimum absolute atomic E-state index is 0.0260. The number of thiocarbonyl (C=S) groups is 1. The SMILES string of the molecule is CCCS(=O)(=O)N1CCN(CCCCCCN2C(=S)N(c3ccc4c(c3)CCC4=O)C(=O)C2(C)C)CC1. The van der Waals surface area contributed by atoms with Crippen LogP contribution in [0.4, 0.5) is 5.69 Å². The standard InChI is InChI=1S/C27H40N4O4S2/c1-4-19-37(34,35)29-17-15-28(16-18-29)13-7-5-6-8-14-30-26(36)31(25(33)27(30,2)3)22-10-11-23-21(20-22)9-12-24(23)32/h10-11,20H,4-9,12-19H2,1-3H3. The maximum Gasteiger partial charge on any atom is 0.258 e. The molecule has 8 nitrogen and oxygen atoms in total. The van der Waals surface area contributed by atoms with Crippen molar-refractivity contribution in [2.24, 2.45) is 0 Å². The number of hydrogen-bond acceptors (Lipinski definition) is 6. The molecule has 2 heterocycles. The quantitative estimate of drug-likeness (QED) is 0.310. The van der Waals surface area contributed by atoms with Gasteiger partial charge in [0.15, 0.2) is 10.9 Å². The maximum absolute atomic E-state index is 13.3. The van der Waals surface area contributed by atoms with Crippen LogP contribution in [-0.4, -0.2) is 89.9 Å². The lowest BCUT2D eigenvalue weighted by molar-refractivity contribution is -0.123. The summed E-state index contributed by atoms with van der Waals surface area (Å²) in [6, 6.07) is 5.61. The van der Waals surface area contributed by atoms with Gasteiger partial charge in [-0.3, -0.25) is 14.5 Å². The van der Waals surface area contributed by atoms with Gasteiger partial charge >= 0.3 is 0 Å². The smallest absolute Gasteiger partial charge is 0.258 e. The Hall–Kier alpha value is -1.88. The first kappa shape index (κ1) is 28.1. The van der Waals surface area contributed by atoms with Gasteiger partial charge in [0.2, 0.25) is 10.0 Å². The zero-order valence-electron chi connectivity index (χ0n) is 22.4. The first-order chi connectivity index (χ1) is 17.6. The molecule has 0 spiro atoms. The zero-order chi connectivity index (χ0) is 26.8. The van der Waals surface area contributed by atoms with E-state index in [1.807, 2.05) is 43.9 Å². The van der Waals surface area contributed by atoms with Crippen LogP contribution >= 0.6 is 12.2 Å². The fourth-order valence-electron chi connectivity index (χ4n) is 5.60. The highest BCUT2D eigenvalue weighted by molar-refractivity contribution is 7.89. The Kier molecular flexibility index (Phi) is 8.72. The van der Waals surface area contributed by atoms with Crippen molar-refractivity contribution >= 4 is 44.7 Å². The summed E-state index contributed by atoms with van der Waals surface area (Å²) in [5.74, 6) is 0.380. The van der Waals surface area contributed by atoms with E-state index in [4.69, 9.17) is 12.2 Å². The molecule has 0 N–H and O–H groups in total. The number of hydrogen-bond donors (Lipinski definition) is 0. The molecule has 37 heavy (non-hydrogen) atoms. The number of sulfonamides is 1. The van der Waals surface area contributed by atoms with Crippen LogP contribution in [0.1, 0.15) is 75.2 Å². The molecular formula is C27H40N4O4S2. The molecule has 0 saturated carbocycles. The lowest BCUT2D eigenvalue weighted by atomic mass is 10.0. The van der Waals surface area contributed by atoms with Gasteiger partial charge in [-0.2, -0.15) is 4.31 Å². The van der Waals surface area contributed by atoms with Crippen molar-refractivity contribution in [1.29, 1.82) is 0 Å². The lowest BCUT2D eigenvalue weighted by Gasteiger charge is -2.34. The molecular weight excluding hydrogens is 508 g/mol. The molecule has 204 valence electrons. The molecule has 2 saturated heterocycles. The Morgan fingerprint density at radius 1 is 0.946 bits per heavy atom. The van der Waals surface area contributed by atoms with Gasteiger partial charge < -0.3 is 9.80 Å². The van der Waals surface area contributed by atoms with Crippen molar-refractivity contribution in [2.45, 2.75) is 71.3 Å². The number of aryl methyl sites for hydroxylation is 1. The molecule has 2 fully saturated rings. The molecule has 0 bridgehead atoms. The Bertz CT molecular complexity index is 1140. The number of carbonyl (C=O) groups is 2. The van der Waals surface area contributed by atoms with E-state index in [1.54, 1.807) is 9.21 Å². The average Bonchev–Trinajstić information content (AvgIpc) is 3.30. The fourth-order valence-corrected chi connectivity index (χ4v) is 7.60. The summed E-state index contributed by atoms with van der Waals surface area (Å²) in [5.41, 5.74) is 1.81. The van der Waals surface area contributed by atoms with E-state index in [2.05, 4.69) is 4.90 Å². The van der Waals surface area contributed by atoms with E-state index < -0.39 is 15.6 Å². The summed E-state index contributed by atoms with van der Waals surface area (Å²) in [7, 11) is -3.09. The number of piperazine rings is 1. The second kappa shape index (κ2) is 11.5. The van der Waals surface area contributed by atoms with E-state index in [-0.39, 0.29) is 17.4 Å². The monoisotopic (exact) mass is 548 g/mol. The number of anilines is 1. The Labute approximate surface area is 227 Å². The van der Waals surface area contributed by atoms with Gasteiger partial charge in [-0.1, -0.05) is 19.8 Å². The molecule has 0 unspecified atom stereocenters. The number of amides is 1. The fraction of sp³-hybridized carbons (Fsp3) is 0.667. The van der Waals surface area contributed by atoms with Gasteiger partial charge in [0.05, 0.1) is 11.4 Å². The number of ketones is 1. The number of carbonyl (C=O) groups excluding carboxylic acids is 2. The van der Waals surface area contributed by atoms with Gasteiger partial charge in [-0.05, 0) is 82.1 Å². The van der Waals surface area contributed by atoms with Crippen molar-refractivity contribution in [3.05, 3.63) is 29.3 Å². The lowest BCUT2D eigenvalue weighted by Crippen LogP contribution is -2.49. The highest BCUT2D eigenvalue weighted by Crippen LogP contribution is 2.35. The van der Waals surface area contributed by atoms with Crippen molar-refractivity contribution < 1.29 is 18.0 Å².